The fourth-order valence-corrected chi connectivity index (χ4v) is 7.56. The van der Waals surface area contributed by atoms with E-state index in [1.54, 1.807) is 12.1 Å². The van der Waals surface area contributed by atoms with Crippen LogP contribution in [0.2, 0.25) is 0 Å². The molecule has 21 heteroatoms. The van der Waals surface area contributed by atoms with E-state index < -0.39 is 60.5 Å². The van der Waals surface area contributed by atoms with Gasteiger partial charge in [-0.3, -0.25) is 4.57 Å². The Morgan fingerprint density at radius 3 is 2.50 bits per heavy atom. The van der Waals surface area contributed by atoms with Crippen molar-refractivity contribution in [2.45, 2.75) is 99.6 Å². The second-order valence-electron chi connectivity index (χ2n) is 13.5. The third-order valence-corrected chi connectivity index (χ3v) is 10.9. The first-order valence-corrected chi connectivity index (χ1v) is 18.8. The number of hydrogen-bond acceptors (Lipinski definition) is 17. The molecule has 4 aromatic heterocycles. The molecule has 304 valence electrons. The number of hydrogen-bond donors (Lipinski definition) is 8. The van der Waals surface area contributed by atoms with Gasteiger partial charge in [-0.25, -0.2) is 33.4 Å². The quantitative estimate of drug-likeness (QED) is 0.0652. The second-order valence-corrected chi connectivity index (χ2v) is 14.6. The number of nitrogens with zero attached hydrogens (tertiary/aromatic N) is 8. The van der Waals surface area contributed by atoms with Crippen LogP contribution in [0.4, 0.5) is 20.3 Å². The monoisotopic (exact) mass is 804 g/mol. The van der Waals surface area contributed by atoms with Crippen LogP contribution in [0.3, 0.4) is 0 Å². The van der Waals surface area contributed by atoms with Crippen molar-refractivity contribution in [2.24, 2.45) is 0 Å². The minimum atomic E-state index is -1.17. The number of aliphatic hydroxyl groups excluding tert-OH is 6. The second kappa shape index (κ2) is 17.5. The standard InChI is InChI=1S/C23H28F2N6O4S.C11H14N4O4.CH4/c1-2-7-36-23-27-21(26-15-9-12(15)11-3-4-13(24)14(25)8-11)18-22(28-23)31(30-29-18)16-10-17(35-6-5-32)20(34)19(16)33;12-5-1-2-13-10-7(5)14-4-15(10)11-9(18)8(17)6(3-16)19-11;/h3-4,8,12,15-17,19-20,32-34H,2,5-7,9-10H2,1H3,(H,26,27,28);1-2,4,6,8-9,11,16-18H,3H2,(H2,12,13);1H4/t12-,15+,16+,17-,19-,20+;;/m0../s1. The van der Waals surface area contributed by atoms with E-state index in [9.17, 15) is 29.2 Å². The zero-order chi connectivity index (χ0) is 39.0. The molecule has 4 unspecified atom stereocenters. The highest BCUT2D eigenvalue weighted by atomic mass is 32.2. The summed E-state index contributed by atoms with van der Waals surface area (Å²) in [5.41, 5.74) is 8.73. The number of rotatable bonds is 12. The van der Waals surface area contributed by atoms with Crippen LogP contribution in [0.5, 0.6) is 0 Å². The topological polar surface area (TPSA) is 265 Å². The molecule has 5 heterocycles. The van der Waals surface area contributed by atoms with Gasteiger partial charge in [0.1, 0.15) is 36.0 Å². The summed E-state index contributed by atoms with van der Waals surface area (Å²) < 4.78 is 40.9. The zero-order valence-corrected chi connectivity index (χ0v) is 30.3. The number of aromatic nitrogens is 8. The van der Waals surface area contributed by atoms with Gasteiger partial charge in [0.25, 0.3) is 0 Å². The number of nitrogen functional groups attached to an aromatic ring is 1. The molecular formula is C35H46F2N10O8S. The van der Waals surface area contributed by atoms with Gasteiger partial charge >= 0.3 is 0 Å². The first-order valence-electron chi connectivity index (χ1n) is 17.8. The molecule has 0 spiro atoms. The van der Waals surface area contributed by atoms with E-state index in [2.05, 4.69) is 42.5 Å². The van der Waals surface area contributed by atoms with Crippen molar-refractivity contribution in [1.82, 2.24) is 39.5 Å². The summed E-state index contributed by atoms with van der Waals surface area (Å²) in [6, 6.07) is 4.89. The first-order chi connectivity index (χ1) is 26.5. The number of pyridine rings is 1. The molecule has 1 aliphatic heterocycles. The Balaban J connectivity index is 0.000000224. The molecule has 0 amide bonds. The molecule has 0 radical (unpaired) electrons. The van der Waals surface area contributed by atoms with E-state index in [1.165, 1.54) is 39.6 Å². The molecule has 56 heavy (non-hydrogen) atoms. The molecule has 0 bridgehead atoms. The van der Waals surface area contributed by atoms with Gasteiger partial charge in [0.2, 0.25) is 0 Å². The molecular weight excluding hydrogens is 759 g/mol. The summed E-state index contributed by atoms with van der Waals surface area (Å²) in [5, 5.41) is 71.3. The van der Waals surface area contributed by atoms with Gasteiger partial charge in [-0.05, 0) is 36.6 Å². The minimum absolute atomic E-state index is 0. The Kier molecular flexibility index (Phi) is 13.0. The van der Waals surface area contributed by atoms with E-state index >= 15 is 0 Å². The van der Waals surface area contributed by atoms with Gasteiger partial charge in [0, 0.05) is 30.3 Å². The maximum atomic E-state index is 13.7. The highest BCUT2D eigenvalue weighted by Gasteiger charge is 2.46. The van der Waals surface area contributed by atoms with Gasteiger partial charge in [-0.2, -0.15) is 0 Å². The Labute approximate surface area is 323 Å². The van der Waals surface area contributed by atoms with E-state index in [1.807, 2.05) is 0 Å². The van der Waals surface area contributed by atoms with E-state index in [4.69, 9.17) is 25.4 Å². The number of aliphatic hydroxyl groups is 6. The minimum Gasteiger partial charge on any atom is -0.397 e. The van der Waals surface area contributed by atoms with E-state index in [0.29, 0.717) is 44.6 Å². The molecule has 18 nitrogen and oxygen atoms in total. The van der Waals surface area contributed by atoms with Crippen molar-refractivity contribution in [3.8, 4) is 0 Å². The van der Waals surface area contributed by atoms with Gasteiger partial charge in [-0.1, -0.05) is 37.4 Å². The number of imidazole rings is 1. The lowest BCUT2D eigenvalue weighted by atomic mass is 10.1. The number of ether oxygens (including phenoxy) is 2. The lowest BCUT2D eigenvalue weighted by Crippen LogP contribution is -2.33. The SMILES string of the molecule is C.CCCSc1nc(N[C@@H]2C[C@H]2c2ccc(F)c(F)c2)c2nnn([C@@H]3C[C@H](OCCO)[C@@H](O)[C@H]3O)c2n1.Nc1ccnc2c1ncn2C1OC(CO)C(O)C1O. The molecule has 2 aliphatic carbocycles. The van der Waals surface area contributed by atoms with Crippen LogP contribution in [0.15, 0.2) is 41.9 Å². The molecule has 9 N–H and O–H groups in total. The summed E-state index contributed by atoms with van der Waals surface area (Å²) in [6.45, 7) is 1.53. The fourth-order valence-electron chi connectivity index (χ4n) is 6.86. The van der Waals surface area contributed by atoms with E-state index in [0.717, 1.165) is 24.7 Å². The molecule has 3 fully saturated rings. The Bertz CT molecular complexity index is 2110. The Hall–Kier alpha value is -4.19. The van der Waals surface area contributed by atoms with Crippen LogP contribution in [-0.4, -0.2) is 138 Å². The number of nitrogens with two attached hydrogens (primary N) is 1. The number of fused-ring (bicyclic) bond motifs is 2. The molecule has 1 saturated heterocycles. The number of nitrogens with one attached hydrogen (secondary N) is 1. The van der Waals surface area contributed by atoms with Gasteiger partial charge in [-0.15, -0.1) is 5.10 Å². The third kappa shape index (κ3) is 8.13. The van der Waals surface area contributed by atoms with Crippen molar-refractivity contribution in [3.63, 3.8) is 0 Å². The highest BCUT2D eigenvalue weighted by molar-refractivity contribution is 7.99. The highest BCUT2D eigenvalue weighted by Crippen LogP contribution is 2.44. The van der Waals surface area contributed by atoms with Gasteiger partial charge < -0.3 is 51.2 Å². The summed E-state index contributed by atoms with van der Waals surface area (Å²) in [4.78, 5) is 17.5. The van der Waals surface area contributed by atoms with Crippen molar-refractivity contribution >= 4 is 45.6 Å². The zero-order valence-electron chi connectivity index (χ0n) is 29.5. The number of halogens is 2. The number of benzene rings is 1. The molecule has 2 saturated carbocycles. The average Bonchev–Trinajstić information content (AvgIpc) is 3.41. The predicted molar refractivity (Wildman–Crippen MR) is 199 cm³/mol. The Morgan fingerprint density at radius 1 is 0.982 bits per heavy atom. The molecule has 10 atom stereocenters. The normalized spacial score (nSPS) is 28.3. The molecule has 8 rings (SSSR count). The molecule has 5 aromatic rings. The van der Waals surface area contributed by atoms with Crippen LogP contribution >= 0.6 is 11.8 Å². The molecule has 1 aromatic carbocycles. The number of thioether (sulfide) groups is 1. The van der Waals surface area contributed by atoms with Crippen molar-refractivity contribution in [2.75, 3.05) is 36.6 Å². The first kappa shape index (κ1) is 41.4. The summed E-state index contributed by atoms with van der Waals surface area (Å²) in [7, 11) is 0. The van der Waals surface area contributed by atoms with Gasteiger partial charge in [0.05, 0.1) is 44.0 Å². The number of anilines is 2. The largest absolute Gasteiger partial charge is 0.397 e. The maximum Gasteiger partial charge on any atom is 0.191 e. The molecule has 3 aliphatic rings. The smallest absolute Gasteiger partial charge is 0.191 e. The summed E-state index contributed by atoms with van der Waals surface area (Å²) in [6.07, 6.45) is -2.10. The van der Waals surface area contributed by atoms with Crippen LogP contribution in [0, 0.1) is 11.6 Å². The Morgan fingerprint density at radius 2 is 1.79 bits per heavy atom. The van der Waals surface area contributed by atoms with Crippen LogP contribution in [0.25, 0.3) is 22.3 Å². The van der Waals surface area contributed by atoms with Gasteiger partial charge in [0.15, 0.2) is 45.6 Å². The van der Waals surface area contributed by atoms with Crippen molar-refractivity contribution in [3.05, 3.63) is 54.0 Å². The van der Waals surface area contributed by atoms with E-state index in [-0.39, 0.29) is 45.6 Å². The van der Waals surface area contributed by atoms with Crippen molar-refractivity contribution < 1.29 is 48.9 Å². The third-order valence-electron chi connectivity index (χ3n) is 9.84. The maximum absolute atomic E-state index is 13.7. The summed E-state index contributed by atoms with van der Waals surface area (Å²) >= 11 is 1.48. The van der Waals surface area contributed by atoms with Crippen LogP contribution in [0.1, 0.15) is 57.4 Å². The van der Waals surface area contributed by atoms with Crippen molar-refractivity contribution in [1.29, 1.82) is 0 Å². The predicted octanol–water partition coefficient (Wildman–Crippen LogP) is 1.27. The van der Waals surface area contributed by atoms with Crippen LogP contribution in [-0.2, 0) is 9.47 Å². The average molecular weight is 805 g/mol. The lowest BCUT2D eigenvalue weighted by molar-refractivity contribution is -0.0629. The van der Waals surface area contributed by atoms with Crippen LogP contribution < -0.4 is 11.1 Å². The summed E-state index contributed by atoms with van der Waals surface area (Å²) in [5.74, 6) is -0.472. The fraction of sp³-hybridized carbons (Fsp3) is 0.543. The lowest BCUT2D eigenvalue weighted by Gasteiger charge is -2.17.